The number of hydrogen-bond acceptors (Lipinski definition) is 5. The zero-order valence-corrected chi connectivity index (χ0v) is 15.1. The highest BCUT2D eigenvalue weighted by Gasteiger charge is 2.24. The summed E-state index contributed by atoms with van der Waals surface area (Å²) in [6.07, 6.45) is 1.70. The van der Waals surface area contributed by atoms with E-state index in [4.69, 9.17) is 5.73 Å². The maximum absolute atomic E-state index is 12.7. The molecule has 1 aromatic heterocycles. The summed E-state index contributed by atoms with van der Waals surface area (Å²) < 4.78 is 27.3. The first-order valence-corrected chi connectivity index (χ1v) is 9.20. The average molecular weight is 390 g/mol. The lowest BCUT2D eigenvalue weighted by atomic mass is 10.2. The monoisotopic (exact) mass is 389 g/mol. The number of rotatable bonds is 4. The van der Waals surface area contributed by atoms with Crippen molar-refractivity contribution in [2.24, 2.45) is 0 Å². The molecule has 0 aliphatic heterocycles. The average Bonchev–Trinajstić information content (AvgIpc) is 2.79. The van der Waals surface area contributed by atoms with Crippen molar-refractivity contribution in [3.05, 3.63) is 38.3 Å². The van der Waals surface area contributed by atoms with Crippen molar-refractivity contribution in [2.45, 2.75) is 25.3 Å². The van der Waals surface area contributed by atoms with E-state index in [0.29, 0.717) is 22.3 Å². The maximum atomic E-state index is 12.7. The summed E-state index contributed by atoms with van der Waals surface area (Å²) in [7, 11) is -2.03. The van der Waals surface area contributed by atoms with Crippen molar-refractivity contribution in [3.63, 3.8) is 0 Å². The van der Waals surface area contributed by atoms with Crippen molar-refractivity contribution in [1.82, 2.24) is 9.29 Å². The van der Waals surface area contributed by atoms with Crippen molar-refractivity contribution in [2.75, 3.05) is 12.8 Å². The third kappa shape index (κ3) is 3.45. The Bertz CT molecular complexity index is 772. The number of nitrogens with two attached hydrogens (primary N) is 1. The molecule has 0 aliphatic rings. The number of aromatic nitrogens is 1. The number of thiazole rings is 1. The van der Waals surface area contributed by atoms with Crippen LogP contribution in [0.15, 0.2) is 27.7 Å². The predicted octanol–water partition coefficient (Wildman–Crippen LogP) is 2.93. The Hall–Kier alpha value is -0.960. The Morgan fingerprint density at radius 1 is 1.38 bits per heavy atom. The quantitative estimate of drug-likeness (QED) is 0.815. The van der Waals surface area contributed by atoms with Gasteiger partial charge in [0.15, 0.2) is 0 Å². The molecule has 1 heterocycles. The largest absolute Gasteiger partial charge is 0.398 e. The Balaban J connectivity index is 2.35. The maximum Gasteiger partial charge on any atom is 0.243 e. The van der Waals surface area contributed by atoms with Crippen molar-refractivity contribution < 1.29 is 8.42 Å². The van der Waals surface area contributed by atoms with Gasteiger partial charge in [-0.3, -0.25) is 0 Å². The number of anilines is 1. The second-order valence-corrected chi connectivity index (χ2v) is 8.93. The lowest BCUT2D eigenvalue weighted by molar-refractivity contribution is 0.469. The van der Waals surface area contributed by atoms with Gasteiger partial charge >= 0.3 is 0 Å². The topological polar surface area (TPSA) is 76.3 Å². The first kappa shape index (κ1) is 16.4. The van der Waals surface area contributed by atoms with E-state index in [1.807, 2.05) is 6.92 Å². The highest BCUT2D eigenvalue weighted by Crippen LogP contribution is 2.29. The van der Waals surface area contributed by atoms with Gasteiger partial charge < -0.3 is 5.73 Å². The zero-order chi connectivity index (χ0) is 15.8. The lowest BCUT2D eigenvalue weighted by Gasteiger charge is -2.18. The molecule has 0 aliphatic carbocycles. The van der Waals surface area contributed by atoms with Crippen LogP contribution in [0.25, 0.3) is 0 Å². The standard InChI is InChI=1S/C13H16BrN3O2S2/c1-8-4-11(14)12(15)5-13(8)21(18,19)17(3)7-10-6-16-9(2)20-10/h4-6H,7,15H2,1-3H3. The molecular weight excluding hydrogens is 374 g/mol. The van der Waals surface area contributed by atoms with Crippen LogP contribution in [0.5, 0.6) is 0 Å². The Kier molecular flexibility index (Phi) is 4.72. The fraction of sp³-hybridized carbons (Fsp3) is 0.308. The molecule has 0 spiro atoms. The van der Waals surface area contributed by atoms with Gasteiger partial charge in [0.1, 0.15) is 0 Å². The molecule has 1 aromatic carbocycles. The van der Waals surface area contributed by atoms with Crippen LogP contribution in [0.2, 0.25) is 0 Å². The van der Waals surface area contributed by atoms with Gasteiger partial charge in [0.05, 0.1) is 9.90 Å². The normalized spacial score (nSPS) is 12.0. The predicted molar refractivity (Wildman–Crippen MR) is 88.8 cm³/mol. The molecule has 0 bridgehead atoms. The van der Waals surface area contributed by atoms with Gasteiger partial charge in [-0.05, 0) is 47.5 Å². The summed E-state index contributed by atoms with van der Waals surface area (Å²) in [6, 6.07) is 3.20. The summed E-state index contributed by atoms with van der Waals surface area (Å²) in [5.41, 5.74) is 6.86. The number of nitrogen functional groups attached to an aromatic ring is 1. The van der Waals surface area contributed by atoms with Crippen LogP contribution in [0.4, 0.5) is 5.69 Å². The Morgan fingerprint density at radius 2 is 2.05 bits per heavy atom. The summed E-state index contributed by atoms with van der Waals surface area (Å²) in [5.74, 6) is 0. The minimum atomic E-state index is -3.59. The van der Waals surface area contributed by atoms with Crippen LogP contribution < -0.4 is 5.73 Å². The molecule has 5 nitrogen and oxygen atoms in total. The summed E-state index contributed by atoms with van der Waals surface area (Å²) in [5, 5.41) is 0.917. The molecule has 8 heteroatoms. The van der Waals surface area contributed by atoms with E-state index >= 15 is 0 Å². The van der Waals surface area contributed by atoms with E-state index < -0.39 is 10.0 Å². The molecule has 0 fully saturated rings. The van der Waals surface area contributed by atoms with Crippen LogP contribution in [0.1, 0.15) is 15.4 Å². The van der Waals surface area contributed by atoms with Gasteiger partial charge in [-0.15, -0.1) is 11.3 Å². The minimum absolute atomic E-state index is 0.229. The number of hydrogen-bond donors (Lipinski definition) is 1. The molecule has 0 amide bonds. The van der Waals surface area contributed by atoms with Gasteiger partial charge in [-0.25, -0.2) is 13.4 Å². The Morgan fingerprint density at radius 3 is 2.62 bits per heavy atom. The van der Waals surface area contributed by atoms with E-state index in [9.17, 15) is 8.42 Å². The molecule has 0 saturated carbocycles. The highest BCUT2D eigenvalue weighted by atomic mass is 79.9. The molecule has 0 atom stereocenters. The van der Waals surface area contributed by atoms with E-state index in [0.717, 1.165) is 9.88 Å². The van der Waals surface area contributed by atoms with Gasteiger partial charge in [-0.2, -0.15) is 4.31 Å². The summed E-state index contributed by atoms with van der Waals surface area (Å²) in [4.78, 5) is 5.27. The highest BCUT2D eigenvalue weighted by molar-refractivity contribution is 9.10. The Labute approximate surface area is 137 Å². The third-order valence-electron chi connectivity index (χ3n) is 3.03. The van der Waals surface area contributed by atoms with Gasteiger partial charge in [0, 0.05) is 34.8 Å². The molecule has 21 heavy (non-hydrogen) atoms. The SMILES string of the molecule is Cc1ncc(CN(C)S(=O)(=O)c2cc(N)c(Br)cc2C)s1. The molecule has 0 saturated heterocycles. The number of benzene rings is 1. The number of sulfonamides is 1. The molecule has 2 N–H and O–H groups in total. The zero-order valence-electron chi connectivity index (χ0n) is 11.9. The fourth-order valence-electron chi connectivity index (χ4n) is 1.90. The van der Waals surface area contributed by atoms with Gasteiger partial charge in [-0.1, -0.05) is 0 Å². The van der Waals surface area contributed by atoms with Gasteiger partial charge in [0.25, 0.3) is 0 Å². The molecular formula is C13H16BrN3O2S2. The van der Waals surface area contributed by atoms with Crippen molar-refractivity contribution in [3.8, 4) is 0 Å². The number of halogens is 1. The number of aryl methyl sites for hydroxylation is 2. The fourth-order valence-corrected chi connectivity index (χ4v) is 4.67. The molecule has 2 aromatic rings. The van der Waals surface area contributed by atoms with Crippen LogP contribution in [0, 0.1) is 13.8 Å². The molecule has 0 radical (unpaired) electrons. The second kappa shape index (κ2) is 6.04. The van der Waals surface area contributed by atoms with E-state index in [-0.39, 0.29) is 4.90 Å². The second-order valence-electron chi connectivity index (χ2n) is 4.75. The lowest BCUT2D eigenvalue weighted by Crippen LogP contribution is -2.27. The van der Waals surface area contributed by atoms with Crippen molar-refractivity contribution in [1.29, 1.82) is 0 Å². The third-order valence-corrected chi connectivity index (χ3v) is 6.56. The van der Waals surface area contributed by atoms with Crippen LogP contribution in [0.3, 0.4) is 0 Å². The number of nitrogens with zero attached hydrogens (tertiary/aromatic N) is 2. The first-order valence-electron chi connectivity index (χ1n) is 6.15. The molecule has 2 rings (SSSR count). The molecule has 0 unspecified atom stereocenters. The van der Waals surface area contributed by atoms with E-state index in [1.54, 1.807) is 26.2 Å². The van der Waals surface area contributed by atoms with Crippen LogP contribution >= 0.6 is 27.3 Å². The summed E-state index contributed by atoms with van der Waals surface area (Å²) >= 11 is 4.79. The molecule has 114 valence electrons. The summed E-state index contributed by atoms with van der Waals surface area (Å²) in [6.45, 7) is 3.94. The van der Waals surface area contributed by atoms with E-state index in [2.05, 4.69) is 20.9 Å². The van der Waals surface area contributed by atoms with Crippen LogP contribution in [-0.2, 0) is 16.6 Å². The minimum Gasteiger partial charge on any atom is -0.398 e. The first-order chi connectivity index (χ1) is 9.71. The van der Waals surface area contributed by atoms with Crippen LogP contribution in [-0.4, -0.2) is 24.8 Å². The van der Waals surface area contributed by atoms with Gasteiger partial charge in [0.2, 0.25) is 10.0 Å². The van der Waals surface area contributed by atoms with Crippen molar-refractivity contribution >= 4 is 43.0 Å². The van der Waals surface area contributed by atoms with E-state index in [1.165, 1.54) is 21.7 Å². The smallest absolute Gasteiger partial charge is 0.243 e.